The van der Waals surface area contributed by atoms with Gasteiger partial charge in [0.2, 0.25) is 0 Å². The van der Waals surface area contributed by atoms with Crippen LogP contribution in [0.1, 0.15) is 71.1 Å². The van der Waals surface area contributed by atoms with Gasteiger partial charge in [-0.05, 0) is 0 Å². The van der Waals surface area contributed by atoms with Gasteiger partial charge in [-0.3, -0.25) is 0 Å². The molecule has 3 N–H and O–H groups in total. The first-order valence-corrected chi connectivity index (χ1v) is 9.80. The van der Waals surface area contributed by atoms with Crippen LogP contribution < -0.4 is 0 Å². The van der Waals surface area contributed by atoms with Crippen molar-refractivity contribution in [2.75, 3.05) is 12.8 Å². The molecule has 0 saturated carbocycles. The van der Waals surface area contributed by atoms with Crippen molar-refractivity contribution in [3.8, 4) is 0 Å². The van der Waals surface area contributed by atoms with Gasteiger partial charge in [-0.25, -0.2) is 0 Å². The first-order valence-electron chi connectivity index (χ1n) is 7.07. The van der Waals surface area contributed by atoms with E-state index in [1.807, 2.05) is 0 Å². The summed E-state index contributed by atoms with van der Waals surface area (Å²) in [6.45, 7) is 3.40. The van der Waals surface area contributed by atoms with Crippen molar-refractivity contribution in [2.45, 2.75) is 71.1 Å². The molecule has 17 heavy (non-hydrogen) atoms. The van der Waals surface area contributed by atoms with E-state index in [2.05, 4.69) is 6.92 Å². The molecule has 0 radical (unpaired) electrons. The zero-order chi connectivity index (χ0) is 13.2. The number of hydrogen-bond acceptors (Lipinski definition) is 3. The second kappa shape index (κ2) is 8.42. The van der Waals surface area contributed by atoms with E-state index >= 15 is 0 Å². The Morgan fingerprint density at radius 2 is 1.00 bits per heavy atom. The fraction of sp³-hybridized carbons (Fsp3) is 1.00. The zero-order valence-corrected chi connectivity index (χ0v) is 12.5. The van der Waals surface area contributed by atoms with Gasteiger partial charge in [-0.15, -0.1) is 0 Å². The third kappa shape index (κ3) is 16.3. The monoisotopic (exact) mass is 266 g/mol. The summed E-state index contributed by atoms with van der Waals surface area (Å²) in [5.74, 6) is 0. The van der Waals surface area contributed by atoms with Gasteiger partial charge in [0.15, 0.2) is 0 Å². The molecule has 0 amide bonds. The summed E-state index contributed by atoms with van der Waals surface area (Å²) in [6.07, 6.45) is 12.2. The predicted molar refractivity (Wildman–Crippen MR) is 76.2 cm³/mol. The van der Waals surface area contributed by atoms with Crippen molar-refractivity contribution in [2.24, 2.45) is 0 Å². The van der Waals surface area contributed by atoms with Crippen LogP contribution in [0.3, 0.4) is 0 Å². The Bertz CT molecular complexity index is 178. The SMILES string of the molecule is CCCCCCCCCCCCP(C)(O)(O)O. The Labute approximate surface area is 106 Å². The molecule has 0 aliphatic heterocycles. The van der Waals surface area contributed by atoms with Gasteiger partial charge in [0.05, 0.1) is 0 Å². The van der Waals surface area contributed by atoms with E-state index in [4.69, 9.17) is 0 Å². The maximum absolute atomic E-state index is 9.25. The van der Waals surface area contributed by atoms with Gasteiger partial charge in [-0.1, -0.05) is 0 Å². The third-order valence-electron chi connectivity index (χ3n) is 3.04. The standard InChI is InChI=1S/C13H31O3P/c1-3-4-5-6-7-8-9-10-11-12-13-17(2,14,15)16/h14-16H,3-13H2,1-2H3. The molecule has 0 aliphatic carbocycles. The first kappa shape index (κ1) is 17.3. The Kier molecular flexibility index (Phi) is 8.57. The van der Waals surface area contributed by atoms with Gasteiger partial charge < -0.3 is 0 Å². The fourth-order valence-electron chi connectivity index (χ4n) is 1.97. The van der Waals surface area contributed by atoms with Crippen LogP contribution in [0.4, 0.5) is 0 Å². The van der Waals surface area contributed by atoms with E-state index in [0.29, 0.717) is 6.42 Å². The molecular weight excluding hydrogens is 235 g/mol. The van der Waals surface area contributed by atoms with Crippen molar-refractivity contribution in [3.63, 3.8) is 0 Å². The molecule has 0 bridgehead atoms. The van der Waals surface area contributed by atoms with Crippen LogP contribution in [0.5, 0.6) is 0 Å². The van der Waals surface area contributed by atoms with Crippen LogP contribution in [0.25, 0.3) is 0 Å². The molecule has 0 heterocycles. The quantitative estimate of drug-likeness (QED) is 0.393. The molecule has 0 aromatic carbocycles. The molecule has 0 saturated heterocycles. The van der Waals surface area contributed by atoms with Crippen molar-refractivity contribution in [3.05, 3.63) is 0 Å². The molecule has 0 aliphatic rings. The molecule has 3 nitrogen and oxygen atoms in total. The summed E-state index contributed by atoms with van der Waals surface area (Å²) in [7, 11) is -4.20. The van der Waals surface area contributed by atoms with E-state index in [-0.39, 0.29) is 6.16 Å². The van der Waals surface area contributed by atoms with E-state index in [0.717, 1.165) is 12.8 Å². The zero-order valence-electron chi connectivity index (χ0n) is 11.6. The van der Waals surface area contributed by atoms with Crippen molar-refractivity contribution < 1.29 is 14.7 Å². The van der Waals surface area contributed by atoms with Gasteiger partial charge in [-0.2, -0.15) is 0 Å². The van der Waals surface area contributed by atoms with Crippen LogP contribution >= 0.6 is 7.28 Å². The normalized spacial score (nSPS) is 14.5. The second-order valence-electron chi connectivity index (χ2n) is 5.51. The Balaban J connectivity index is 3.15. The number of unbranched alkanes of at least 4 members (excludes halogenated alkanes) is 9. The second-order valence-corrected chi connectivity index (χ2v) is 9.18. The summed E-state index contributed by atoms with van der Waals surface area (Å²) >= 11 is 0. The third-order valence-corrected chi connectivity index (χ3v) is 4.40. The summed E-state index contributed by atoms with van der Waals surface area (Å²) in [6, 6.07) is 0. The average molecular weight is 266 g/mol. The van der Waals surface area contributed by atoms with E-state index in [1.54, 1.807) is 0 Å². The van der Waals surface area contributed by atoms with Gasteiger partial charge in [0, 0.05) is 0 Å². The maximum atomic E-state index is 9.25. The van der Waals surface area contributed by atoms with Crippen LogP contribution in [0.15, 0.2) is 0 Å². The molecular formula is C13H31O3P. The first-order chi connectivity index (χ1) is 7.81. The minimum atomic E-state index is -4.20. The predicted octanol–water partition coefficient (Wildman–Crippen LogP) is 3.81. The number of hydrogen-bond donors (Lipinski definition) is 3. The molecule has 0 rings (SSSR count). The molecule has 4 heteroatoms. The summed E-state index contributed by atoms with van der Waals surface area (Å²) < 4.78 is 0. The Morgan fingerprint density at radius 3 is 1.35 bits per heavy atom. The molecule has 0 atom stereocenters. The van der Waals surface area contributed by atoms with E-state index < -0.39 is 7.28 Å². The van der Waals surface area contributed by atoms with Crippen molar-refractivity contribution >= 4 is 7.28 Å². The van der Waals surface area contributed by atoms with Crippen LogP contribution in [-0.4, -0.2) is 27.5 Å². The van der Waals surface area contributed by atoms with Crippen LogP contribution in [0.2, 0.25) is 0 Å². The van der Waals surface area contributed by atoms with Gasteiger partial charge in [0.25, 0.3) is 0 Å². The summed E-state index contributed by atoms with van der Waals surface area (Å²) in [4.78, 5) is 27.7. The Morgan fingerprint density at radius 1 is 0.647 bits per heavy atom. The van der Waals surface area contributed by atoms with Crippen LogP contribution in [-0.2, 0) is 0 Å². The fourth-order valence-corrected chi connectivity index (χ4v) is 2.93. The van der Waals surface area contributed by atoms with Crippen molar-refractivity contribution in [1.29, 1.82) is 0 Å². The van der Waals surface area contributed by atoms with Crippen LogP contribution in [0, 0.1) is 0 Å². The number of rotatable bonds is 11. The molecule has 0 aromatic rings. The Hall–Kier alpha value is 0.310. The topological polar surface area (TPSA) is 60.7 Å². The van der Waals surface area contributed by atoms with E-state index in [9.17, 15) is 14.7 Å². The van der Waals surface area contributed by atoms with Crippen molar-refractivity contribution in [1.82, 2.24) is 0 Å². The average Bonchev–Trinajstić information content (AvgIpc) is 2.18. The molecule has 0 unspecified atom stereocenters. The molecule has 0 aromatic heterocycles. The molecule has 0 fully saturated rings. The van der Waals surface area contributed by atoms with Gasteiger partial charge in [0.1, 0.15) is 0 Å². The molecule has 106 valence electrons. The summed E-state index contributed by atoms with van der Waals surface area (Å²) in [5.41, 5.74) is 0. The van der Waals surface area contributed by atoms with Gasteiger partial charge >= 0.3 is 106 Å². The molecule has 0 spiro atoms. The minimum absolute atomic E-state index is 0.155. The van der Waals surface area contributed by atoms with E-state index in [1.165, 1.54) is 51.6 Å². The summed E-state index contributed by atoms with van der Waals surface area (Å²) in [5, 5.41) is 0.